The van der Waals surface area contributed by atoms with Crippen LogP contribution in [0.2, 0.25) is 0 Å². The van der Waals surface area contributed by atoms with Crippen molar-refractivity contribution in [2.24, 2.45) is 0 Å². The van der Waals surface area contributed by atoms with Gasteiger partial charge in [-0.1, -0.05) is 255 Å². The van der Waals surface area contributed by atoms with Crippen LogP contribution < -0.4 is 4.90 Å². The third-order valence-electron chi connectivity index (χ3n) is 20.3. The lowest BCUT2D eigenvalue weighted by Crippen LogP contribution is -2.09. The molecule has 16 aromatic carbocycles. The molecule has 468 valence electrons. The summed E-state index contributed by atoms with van der Waals surface area (Å²) in [6.45, 7) is 0. The van der Waals surface area contributed by atoms with Gasteiger partial charge in [-0.25, -0.2) is 0 Å². The van der Waals surface area contributed by atoms with E-state index in [0.29, 0.717) is 0 Å². The van der Waals surface area contributed by atoms with Crippen LogP contribution in [0, 0.1) is 0 Å². The highest BCUT2D eigenvalue weighted by Gasteiger charge is 2.20. The summed E-state index contributed by atoms with van der Waals surface area (Å²) in [5.41, 5.74) is 30.3. The van der Waals surface area contributed by atoms with Crippen LogP contribution in [0.15, 0.2) is 388 Å². The average Bonchev–Trinajstić information content (AvgIpc) is 1.60. The molecule has 0 saturated heterocycles. The SMILES string of the molecule is c1ccc(-c2ccc(N(c3ccc(-c4ccccc4)cc3)c3ccc(-c4ccc(-n5c6ccc(-c7ccc(-c8ccc9c(c8)c8ccccc8n9-c8ccccc8)cc7)cc6c6cc(-c7ccc(-c8ccc9c(c8)c8ccccc8n9-c8ccccc8)cc7)ccc65)cc4)cc3)cc2)cc1. The van der Waals surface area contributed by atoms with Crippen molar-refractivity contribution in [1.82, 2.24) is 13.7 Å². The van der Waals surface area contributed by atoms with Crippen molar-refractivity contribution in [2.75, 3.05) is 4.90 Å². The second-order valence-electron chi connectivity index (χ2n) is 26.0. The predicted octanol–water partition coefficient (Wildman–Crippen LogP) is 26.1. The minimum atomic E-state index is 1.08. The number of rotatable bonds is 13. The Hall–Kier alpha value is -13.3. The van der Waals surface area contributed by atoms with Crippen molar-refractivity contribution in [3.8, 4) is 95.0 Å². The number of fused-ring (bicyclic) bond motifs is 9. The largest absolute Gasteiger partial charge is 0.311 e. The topological polar surface area (TPSA) is 18.0 Å². The van der Waals surface area contributed by atoms with Crippen LogP contribution in [-0.2, 0) is 0 Å². The Morgan fingerprint density at radius 3 is 0.650 bits per heavy atom. The second kappa shape index (κ2) is 24.4. The number of hydrogen-bond acceptors (Lipinski definition) is 1. The van der Waals surface area contributed by atoms with Gasteiger partial charge in [0.05, 0.1) is 33.1 Å². The number of benzene rings is 16. The van der Waals surface area contributed by atoms with Gasteiger partial charge in [-0.15, -0.1) is 0 Å². The summed E-state index contributed by atoms with van der Waals surface area (Å²) in [6.07, 6.45) is 0. The smallest absolute Gasteiger partial charge is 0.0541 e. The first-order valence-electron chi connectivity index (χ1n) is 34.4. The molecule has 0 amide bonds. The summed E-state index contributed by atoms with van der Waals surface area (Å²) >= 11 is 0. The maximum absolute atomic E-state index is 2.44. The van der Waals surface area contributed by atoms with E-state index in [1.807, 2.05) is 0 Å². The highest BCUT2D eigenvalue weighted by atomic mass is 15.1. The standard InChI is InChI=1S/C96H64N4/c1-5-17-65(18-6-1)67-37-49-81(50-38-67)97(82-51-39-68(40-52-82)66-19-7-2-8-20-66)83-53-41-69(42-54-83)70-43-55-84(56-44-70)100-95-59-47-77(73-33-29-71(30-34-73)75-45-57-93-87(61-75)85-25-13-15-27-91(85)98(93)79-21-9-3-10-22-79)63-89(95)90-64-78(48-60-96(90)100)74-35-31-72(32-36-74)76-46-58-94-88(62-76)86-26-14-16-28-92(86)99(94)80-23-11-4-12-24-80/h1-64H. The molecule has 4 nitrogen and oxygen atoms in total. The molecule has 0 N–H and O–H groups in total. The molecule has 4 heteroatoms. The molecule has 19 aromatic rings. The van der Waals surface area contributed by atoms with Gasteiger partial charge in [0.2, 0.25) is 0 Å². The number of anilines is 3. The van der Waals surface area contributed by atoms with Crippen LogP contribution in [0.1, 0.15) is 0 Å². The lowest BCUT2D eigenvalue weighted by atomic mass is 9.97. The van der Waals surface area contributed by atoms with Crippen molar-refractivity contribution in [2.45, 2.75) is 0 Å². The Bertz CT molecular complexity index is 5890. The van der Waals surface area contributed by atoms with Crippen molar-refractivity contribution in [3.05, 3.63) is 388 Å². The number of hydrogen-bond donors (Lipinski definition) is 0. The van der Waals surface area contributed by atoms with E-state index in [2.05, 4.69) is 407 Å². The van der Waals surface area contributed by atoms with Gasteiger partial charge < -0.3 is 18.6 Å². The van der Waals surface area contributed by atoms with E-state index in [4.69, 9.17) is 0 Å². The summed E-state index contributed by atoms with van der Waals surface area (Å²) in [6, 6.07) is 142. The normalized spacial score (nSPS) is 11.6. The quantitative estimate of drug-likeness (QED) is 0.113. The molecule has 3 aromatic heterocycles. The Labute approximate surface area is 580 Å². The maximum atomic E-state index is 2.44. The van der Waals surface area contributed by atoms with Crippen LogP contribution >= 0.6 is 0 Å². The third-order valence-corrected chi connectivity index (χ3v) is 20.3. The van der Waals surface area contributed by atoms with Gasteiger partial charge in [0.25, 0.3) is 0 Å². The van der Waals surface area contributed by atoms with E-state index in [9.17, 15) is 0 Å². The van der Waals surface area contributed by atoms with E-state index in [-0.39, 0.29) is 0 Å². The Kier molecular flexibility index (Phi) is 14.2. The molecular formula is C96H64N4. The predicted molar refractivity (Wildman–Crippen MR) is 422 cm³/mol. The highest BCUT2D eigenvalue weighted by Crippen LogP contribution is 2.43. The van der Waals surface area contributed by atoms with E-state index in [0.717, 1.165) is 56.3 Å². The van der Waals surface area contributed by atoms with Gasteiger partial charge in [-0.3, -0.25) is 0 Å². The van der Waals surface area contributed by atoms with Gasteiger partial charge in [-0.2, -0.15) is 0 Å². The van der Waals surface area contributed by atoms with Gasteiger partial charge in [0, 0.05) is 66.4 Å². The van der Waals surface area contributed by atoms with E-state index in [1.54, 1.807) is 0 Å². The first-order chi connectivity index (χ1) is 49.6. The molecule has 0 fully saturated rings. The van der Waals surface area contributed by atoms with Crippen LogP contribution in [0.3, 0.4) is 0 Å². The summed E-state index contributed by atoms with van der Waals surface area (Å²) in [4.78, 5) is 2.35. The van der Waals surface area contributed by atoms with Crippen LogP contribution in [0.5, 0.6) is 0 Å². The van der Waals surface area contributed by atoms with Gasteiger partial charge in [0.1, 0.15) is 0 Å². The second-order valence-corrected chi connectivity index (χ2v) is 26.0. The Morgan fingerprint density at radius 1 is 0.140 bits per heavy atom. The molecule has 3 heterocycles. The average molecular weight is 1270 g/mol. The summed E-state index contributed by atoms with van der Waals surface area (Å²) in [7, 11) is 0. The van der Waals surface area contributed by atoms with Crippen LogP contribution in [-0.4, -0.2) is 13.7 Å². The molecule has 0 unspecified atom stereocenters. The lowest BCUT2D eigenvalue weighted by molar-refractivity contribution is 1.18. The monoisotopic (exact) mass is 1270 g/mol. The Morgan fingerprint density at radius 2 is 0.340 bits per heavy atom. The van der Waals surface area contributed by atoms with Crippen molar-refractivity contribution < 1.29 is 0 Å². The van der Waals surface area contributed by atoms with Crippen LogP contribution in [0.25, 0.3) is 160 Å². The van der Waals surface area contributed by atoms with E-state index in [1.165, 1.54) is 121 Å². The molecule has 0 bridgehead atoms. The zero-order valence-corrected chi connectivity index (χ0v) is 54.7. The lowest BCUT2D eigenvalue weighted by Gasteiger charge is -2.26. The summed E-state index contributed by atoms with van der Waals surface area (Å²) in [5, 5.41) is 7.39. The minimum absolute atomic E-state index is 1.08. The van der Waals surface area contributed by atoms with E-state index >= 15 is 0 Å². The number of para-hydroxylation sites is 4. The Balaban J connectivity index is 0.668. The molecule has 100 heavy (non-hydrogen) atoms. The highest BCUT2D eigenvalue weighted by molar-refractivity contribution is 6.14. The van der Waals surface area contributed by atoms with E-state index < -0.39 is 0 Å². The van der Waals surface area contributed by atoms with Crippen molar-refractivity contribution in [3.63, 3.8) is 0 Å². The number of aromatic nitrogens is 3. The summed E-state index contributed by atoms with van der Waals surface area (Å²) < 4.78 is 7.20. The fourth-order valence-corrected chi connectivity index (χ4v) is 15.3. The first-order valence-corrected chi connectivity index (χ1v) is 34.4. The molecule has 0 aliphatic heterocycles. The first kappa shape index (κ1) is 58.1. The molecule has 0 spiro atoms. The van der Waals surface area contributed by atoms with Crippen LogP contribution in [0.4, 0.5) is 17.1 Å². The number of nitrogens with zero attached hydrogens (tertiary/aromatic N) is 4. The van der Waals surface area contributed by atoms with Crippen molar-refractivity contribution in [1.29, 1.82) is 0 Å². The van der Waals surface area contributed by atoms with Gasteiger partial charge in [0.15, 0.2) is 0 Å². The summed E-state index contributed by atoms with van der Waals surface area (Å²) in [5.74, 6) is 0. The molecule has 0 saturated carbocycles. The molecular weight excluding hydrogens is 1210 g/mol. The van der Waals surface area contributed by atoms with Gasteiger partial charge in [-0.05, 0) is 211 Å². The molecule has 0 aliphatic carbocycles. The van der Waals surface area contributed by atoms with Gasteiger partial charge >= 0.3 is 0 Å². The zero-order valence-electron chi connectivity index (χ0n) is 54.7. The fraction of sp³-hybridized carbons (Fsp3) is 0. The molecule has 19 rings (SSSR count). The fourth-order valence-electron chi connectivity index (χ4n) is 15.3. The third kappa shape index (κ3) is 10.2. The molecule has 0 radical (unpaired) electrons. The van der Waals surface area contributed by atoms with Crippen molar-refractivity contribution >= 4 is 82.5 Å². The zero-order chi connectivity index (χ0) is 66.0. The maximum Gasteiger partial charge on any atom is 0.0541 e. The molecule has 0 aliphatic rings. The minimum Gasteiger partial charge on any atom is -0.311 e. The molecule has 0 atom stereocenters.